The number of nitrogens with zero attached hydrogens (tertiary/aromatic N) is 2. The maximum Gasteiger partial charge on any atom is 0.0952 e. The summed E-state index contributed by atoms with van der Waals surface area (Å²) in [5, 5.41) is 0. The van der Waals surface area contributed by atoms with Gasteiger partial charge in [0.2, 0.25) is 0 Å². The van der Waals surface area contributed by atoms with Crippen LogP contribution in [0, 0.1) is 11.8 Å². The molecule has 0 spiro atoms. The van der Waals surface area contributed by atoms with Gasteiger partial charge in [0.05, 0.1) is 18.2 Å². The highest BCUT2D eigenvalue weighted by atomic mass is 14.8. The van der Waals surface area contributed by atoms with E-state index in [2.05, 4.69) is 46.0 Å². The van der Waals surface area contributed by atoms with Crippen LogP contribution in [-0.4, -0.2) is 6.01 Å². The Kier molecular flexibility index (Phi) is 6.56. The number of para-hydroxylation sites is 1. The SMILES string of the molecule is C(=NCc1ccccc1)=Nc1ccccc1CC#CCc1ccccc1. The molecule has 0 fully saturated rings. The third kappa shape index (κ3) is 5.60. The van der Waals surface area contributed by atoms with Crippen LogP contribution >= 0.6 is 0 Å². The Morgan fingerprint density at radius 1 is 0.615 bits per heavy atom. The molecule has 0 aromatic heterocycles. The maximum absolute atomic E-state index is 4.37. The molecule has 0 bridgehead atoms. The Bertz CT molecular complexity index is 942. The van der Waals surface area contributed by atoms with Crippen molar-refractivity contribution in [2.45, 2.75) is 19.4 Å². The molecule has 0 atom stereocenters. The van der Waals surface area contributed by atoms with E-state index in [0.29, 0.717) is 13.0 Å². The van der Waals surface area contributed by atoms with Crippen molar-refractivity contribution in [3.05, 3.63) is 102 Å². The minimum absolute atomic E-state index is 0.587. The highest BCUT2D eigenvalue weighted by Gasteiger charge is 1.97. The fraction of sp³-hybridized carbons (Fsp3) is 0.125. The van der Waals surface area contributed by atoms with Gasteiger partial charge in [0.1, 0.15) is 0 Å². The van der Waals surface area contributed by atoms with Gasteiger partial charge in [0.15, 0.2) is 0 Å². The second kappa shape index (κ2) is 9.79. The van der Waals surface area contributed by atoms with Gasteiger partial charge in [-0.15, -0.1) is 0 Å². The summed E-state index contributed by atoms with van der Waals surface area (Å²) in [5.41, 5.74) is 4.35. The fourth-order valence-corrected chi connectivity index (χ4v) is 2.49. The Morgan fingerprint density at radius 2 is 1.23 bits per heavy atom. The van der Waals surface area contributed by atoms with Crippen molar-refractivity contribution >= 4 is 11.7 Å². The van der Waals surface area contributed by atoms with Gasteiger partial charge in [0, 0.05) is 12.8 Å². The van der Waals surface area contributed by atoms with E-state index in [9.17, 15) is 0 Å². The molecule has 0 saturated carbocycles. The van der Waals surface area contributed by atoms with Crippen LogP contribution in [0.3, 0.4) is 0 Å². The van der Waals surface area contributed by atoms with Gasteiger partial charge < -0.3 is 0 Å². The first-order valence-electron chi connectivity index (χ1n) is 8.65. The molecule has 3 rings (SSSR count). The number of rotatable bonds is 5. The lowest BCUT2D eigenvalue weighted by molar-refractivity contribution is 1.08. The molecular formula is C24H20N2. The Hall–Kier alpha value is -3.40. The van der Waals surface area contributed by atoms with Crippen LogP contribution in [0.1, 0.15) is 16.7 Å². The highest BCUT2D eigenvalue weighted by molar-refractivity contribution is 5.56. The average molecular weight is 336 g/mol. The van der Waals surface area contributed by atoms with Crippen molar-refractivity contribution < 1.29 is 0 Å². The van der Waals surface area contributed by atoms with Gasteiger partial charge in [0.25, 0.3) is 0 Å². The van der Waals surface area contributed by atoms with Gasteiger partial charge in [-0.05, 0) is 22.8 Å². The maximum atomic E-state index is 4.37. The molecule has 0 N–H and O–H groups in total. The largest absolute Gasteiger partial charge is 0.221 e. The van der Waals surface area contributed by atoms with E-state index in [1.54, 1.807) is 0 Å². The Balaban J connectivity index is 1.62. The lowest BCUT2D eigenvalue weighted by Gasteiger charge is -1.99. The summed E-state index contributed by atoms with van der Waals surface area (Å²) in [6.45, 7) is 0.587. The molecule has 0 amide bonds. The number of aliphatic imine (C=N–C) groups is 2. The van der Waals surface area contributed by atoms with Crippen molar-refractivity contribution in [1.29, 1.82) is 0 Å². The third-order valence-corrected chi connectivity index (χ3v) is 3.88. The van der Waals surface area contributed by atoms with Crippen LogP contribution in [-0.2, 0) is 19.4 Å². The quantitative estimate of drug-likeness (QED) is 0.435. The standard InChI is InChI=1S/C24H20N2/c1-3-11-21(12-4-1)13-7-8-16-23-17-9-10-18-24(23)26-20-25-19-22-14-5-2-6-15-22/h1-6,9-12,14-15,17-18H,13,16,19H2. The summed E-state index contributed by atoms with van der Waals surface area (Å²) in [6, 6.07) is 31.2. The molecule has 0 saturated heterocycles. The van der Waals surface area contributed by atoms with E-state index in [-0.39, 0.29) is 0 Å². The van der Waals surface area contributed by atoms with Gasteiger partial charge in [-0.3, -0.25) is 0 Å². The van der Waals surface area contributed by atoms with E-state index in [0.717, 1.165) is 23.2 Å². The van der Waals surface area contributed by atoms with Crippen molar-refractivity contribution in [2.24, 2.45) is 9.98 Å². The number of hydrogen-bond donors (Lipinski definition) is 0. The summed E-state index contributed by atoms with van der Waals surface area (Å²) in [7, 11) is 0. The van der Waals surface area contributed by atoms with E-state index < -0.39 is 0 Å². The van der Waals surface area contributed by atoms with E-state index in [4.69, 9.17) is 0 Å². The van der Waals surface area contributed by atoms with Gasteiger partial charge >= 0.3 is 0 Å². The first-order valence-corrected chi connectivity index (χ1v) is 8.65. The molecule has 126 valence electrons. The number of hydrogen-bond acceptors (Lipinski definition) is 2. The van der Waals surface area contributed by atoms with Crippen LogP contribution < -0.4 is 0 Å². The third-order valence-electron chi connectivity index (χ3n) is 3.88. The summed E-state index contributed by atoms with van der Waals surface area (Å²) in [6.07, 6.45) is 1.44. The van der Waals surface area contributed by atoms with Crippen LogP contribution in [0.25, 0.3) is 0 Å². The average Bonchev–Trinajstić information content (AvgIpc) is 2.71. The zero-order valence-electron chi connectivity index (χ0n) is 14.6. The zero-order valence-corrected chi connectivity index (χ0v) is 14.6. The number of benzene rings is 3. The molecule has 0 unspecified atom stereocenters. The van der Waals surface area contributed by atoms with E-state index in [1.165, 1.54) is 5.56 Å². The van der Waals surface area contributed by atoms with Crippen molar-refractivity contribution in [3.8, 4) is 11.8 Å². The summed E-state index contributed by atoms with van der Waals surface area (Å²) in [5.74, 6) is 6.47. The predicted molar refractivity (Wildman–Crippen MR) is 108 cm³/mol. The predicted octanol–water partition coefficient (Wildman–Crippen LogP) is 5.48. The summed E-state index contributed by atoms with van der Waals surface area (Å²) in [4.78, 5) is 8.64. The summed E-state index contributed by atoms with van der Waals surface area (Å²) < 4.78 is 0. The molecule has 3 aromatic rings. The molecule has 0 radical (unpaired) electrons. The molecule has 3 aromatic carbocycles. The second-order valence-electron chi connectivity index (χ2n) is 5.84. The van der Waals surface area contributed by atoms with Crippen molar-refractivity contribution in [1.82, 2.24) is 0 Å². The van der Waals surface area contributed by atoms with Crippen LogP contribution in [0.5, 0.6) is 0 Å². The monoisotopic (exact) mass is 336 g/mol. The first kappa shape index (κ1) is 17.4. The van der Waals surface area contributed by atoms with Crippen LogP contribution in [0.15, 0.2) is 94.9 Å². The smallest absolute Gasteiger partial charge is 0.0952 e. The molecule has 0 aliphatic heterocycles. The van der Waals surface area contributed by atoms with Gasteiger partial charge in [-0.2, -0.15) is 4.99 Å². The minimum Gasteiger partial charge on any atom is -0.221 e. The molecule has 0 heterocycles. The van der Waals surface area contributed by atoms with E-state index >= 15 is 0 Å². The van der Waals surface area contributed by atoms with Gasteiger partial charge in [-0.1, -0.05) is 90.7 Å². The van der Waals surface area contributed by atoms with Gasteiger partial charge in [-0.25, -0.2) is 4.99 Å². The van der Waals surface area contributed by atoms with Crippen molar-refractivity contribution in [3.63, 3.8) is 0 Å². The highest BCUT2D eigenvalue weighted by Crippen LogP contribution is 2.18. The van der Waals surface area contributed by atoms with Crippen LogP contribution in [0.4, 0.5) is 5.69 Å². The summed E-state index contributed by atoms with van der Waals surface area (Å²) >= 11 is 0. The minimum atomic E-state index is 0.587. The van der Waals surface area contributed by atoms with E-state index in [1.807, 2.05) is 66.7 Å². The Labute approximate surface area is 155 Å². The Morgan fingerprint density at radius 3 is 2.00 bits per heavy atom. The lowest BCUT2D eigenvalue weighted by Crippen LogP contribution is -1.84. The fourth-order valence-electron chi connectivity index (χ4n) is 2.49. The zero-order chi connectivity index (χ0) is 17.9. The topological polar surface area (TPSA) is 24.7 Å². The molecule has 0 aliphatic carbocycles. The molecule has 2 heteroatoms. The molecular weight excluding hydrogens is 316 g/mol. The normalized spacial score (nSPS) is 9.54. The van der Waals surface area contributed by atoms with Crippen molar-refractivity contribution in [2.75, 3.05) is 0 Å². The van der Waals surface area contributed by atoms with Crippen LogP contribution in [0.2, 0.25) is 0 Å². The molecule has 26 heavy (non-hydrogen) atoms. The first-order chi connectivity index (χ1) is 12.9. The lowest BCUT2D eigenvalue weighted by atomic mass is 10.1. The molecule has 0 aliphatic rings. The second-order valence-corrected chi connectivity index (χ2v) is 5.84. The molecule has 2 nitrogen and oxygen atoms in total.